The highest BCUT2D eigenvalue weighted by molar-refractivity contribution is 7.17. The van der Waals surface area contributed by atoms with Gasteiger partial charge in [-0.05, 0) is 27.7 Å². The summed E-state index contributed by atoms with van der Waals surface area (Å²) < 4.78 is 9.60. The van der Waals surface area contributed by atoms with Crippen LogP contribution in [-0.4, -0.2) is 55.1 Å². The van der Waals surface area contributed by atoms with Gasteiger partial charge in [0.15, 0.2) is 10.3 Å². The SMILES string of the molecule is CCOC(=O)c1cnc(N)s1.CCOC(=O)c1cnc(Nc2cc(Cl)nc(C)n2)s1.Cc1nc(Cl)cc(Cl)n1. The molecule has 4 rings (SSSR count). The Morgan fingerprint density at radius 3 is 1.77 bits per heavy atom. The van der Waals surface area contributed by atoms with Gasteiger partial charge in [-0.2, -0.15) is 0 Å². The maximum absolute atomic E-state index is 11.5. The number of halogens is 3. The molecule has 4 heterocycles. The van der Waals surface area contributed by atoms with E-state index < -0.39 is 0 Å². The minimum atomic E-state index is -0.384. The molecule has 4 aromatic rings. The van der Waals surface area contributed by atoms with Gasteiger partial charge in [-0.1, -0.05) is 57.5 Å². The van der Waals surface area contributed by atoms with Crippen LogP contribution in [0.5, 0.6) is 0 Å². The number of ether oxygens (including phenoxy) is 2. The number of nitrogen functional groups attached to an aromatic ring is 1. The summed E-state index contributed by atoms with van der Waals surface area (Å²) in [7, 11) is 0. The van der Waals surface area contributed by atoms with Gasteiger partial charge in [0.1, 0.15) is 42.7 Å². The van der Waals surface area contributed by atoms with Crippen molar-refractivity contribution in [3.05, 3.63) is 61.4 Å². The molecule has 0 bridgehead atoms. The van der Waals surface area contributed by atoms with E-state index in [9.17, 15) is 9.59 Å². The van der Waals surface area contributed by atoms with Crippen LogP contribution in [0.25, 0.3) is 0 Å². The van der Waals surface area contributed by atoms with Crippen LogP contribution < -0.4 is 11.1 Å². The minimum absolute atomic E-state index is 0.334. The predicted octanol–water partition coefficient (Wildman–Crippen LogP) is 5.81. The second-order valence-corrected chi connectivity index (χ2v) is 10.1. The van der Waals surface area contributed by atoms with Crippen LogP contribution in [0.2, 0.25) is 15.5 Å². The highest BCUT2D eigenvalue weighted by Gasteiger charge is 2.12. The Balaban J connectivity index is 0.000000226. The van der Waals surface area contributed by atoms with Gasteiger partial charge in [-0.15, -0.1) is 0 Å². The van der Waals surface area contributed by atoms with E-state index >= 15 is 0 Å². The van der Waals surface area contributed by atoms with E-state index in [1.54, 1.807) is 33.8 Å². The van der Waals surface area contributed by atoms with E-state index in [0.717, 1.165) is 11.3 Å². The van der Waals surface area contributed by atoms with Crippen molar-refractivity contribution in [1.29, 1.82) is 0 Å². The van der Waals surface area contributed by atoms with Crippen LogP contribution in [-0.2, 0) is 9.47 Å². The van der Waals surface area contributed by atoms with E-state index in [1.807, 2.05) is 0 Å². The fourth-order valence-electron chi connectivity index (χ4n) is 2.41. The maximum Gasteiger partial charge on any atom is 0.350 e. The molecule has 12 nitrogen and oxygen atoms in total. The lowest BCUT2D eigenvalue weighted by Gasteiger charge is -2.02. The van der Waals surface area contributed by atoms with Crippen molar-refractivity contribution in [2.24, 2.45) is 0 Å². The Bertz CT molecular complexity index is 1330. The first-order valence-electron chi connectivity index (χ1n) is 11.0. The number of nitrogens with zero attached hydrogens (tertiary/aromatic N) is 6. The third-order valence-corrected chi connectivity index (χ3v) is 6.08. The van der Waals surface area contributed by atoms with E-state index in [1.165, 1.54) is 29.8 Å². The maximum atomic E-state index is 11.5. The van der Waals surface area contributed by atoms with Gasteiger partial charge < -0.3 is 20.5 Å². The topological polar surface area (TPSA) is 168 Å². The zero-order chi connectivity index (χ0) is 28.9. The molecule has 0 saturated carbocycles. The molecular formula is C22H23Cl3N8O4S2. The quantitative estimate of drug-likeness (QED) is 0.193. The molecule has 0 atom stereocenters. The zero-order valence-corrected chi connectivity index (χ0v) is 25.0. The second kappa shape index (κ2) is 16.1. The van der Waals surface area contributed by atoms with Crippen LogP contribution in [0, 0.1) is 13.8 Å². The average Bonchev–Trinajstić information content (AvgIpc) is 3.48. The molecule has 3 N–H and O–H groups in total. The highest BCUT2D eigenvalue weighted by atomic mass is 35.5. The average molecular weight is 634 g/mol. The van der Waals surface area contributed by atoms with Crippen molar-refractivity contribution in [2.75, 3.05) is 24.3 Å². The number of nitrogens with one attached hydrogen (secondary N) is 1. The molecule has 0 saturated heterocycles. The number of esters is 2. The zero-order valence-electron chi connectivity index (χ0n) is 21.1. The molecule has 4 aromatic heterocycles. The molecule has 0 aromatic carbocycles. The Kier molecular flexibility index (Phi) is 13.2. The van der Waals surface area contributed by atoms with Crippen molar-refractivity contribution in [1.82, 2.24) is 29.9 Å². The predicted molar refractivity (Wildman–Crippen MR) is 152 cm³/mol. The van der Waals surface area contributed by atoms with E-state index in [2.05, 4.69) is 35.2 Å². The molecule has 0 radical (unpaired) electrons. The molecule has 39 heavy (non-hydrogen) atoms. The molecule has 0 aliphatic carbocycles. The lowest BCUT2D eigenvalue weighted by molar-refractivity contribution is 0.0522. The van der Waals surface area contributed by atoms with E-state index in [0.29, 0.717) is 66.2 Å². The number of rotatable bonds is 6. The smallest absolute Gasteiger partial charge is 0.350 e. The van der Waals surface area contributed by atoms with Gasteiger partial charge in [0.2, 0.25) is 0 Å². The number of hydrogen-bond donors (Lipinski definition) is 2. The summed E-state index contributed by atoms with van der Waals surface area (Å²) in [6, 6.07) is 3.08. The highest BCUT2D eigenvalue weighted by Crippen LogP contribution is 2.23. The first kappa shape index (κ1) is 32.0. The summed E-state index contributed by atoms with van der Waals surface area (Å²) in [5.41, 5.74) is 5.31. The summed E-state index contributed by atoms with van der Waals surface area (Å²) in [6.45, 7) is 7.68. The molecule has 17 heteroatoms. The summed E-state index contributed by atoms with van der Waals surface area (Å²) in [4.78, 5) is 46.8. The van der Waals surface area contributed by atoms with Crippen LogP contribution in [0.15, 0.2) is 24.5 Å². The van der Waals surface area contributed by atoms with Gasteiger partial charge in [-0.3, -0.25) is 0 Å². The summed E-state index contributed by atoms with van der Waals surface area (Å²) in [6.07, 6.45) is 2.87. The van der Waals surface area contributed by atoms with E-state index in [-0.39, 0.29) is 11.9 Å². The first-order valence-corrected chi connectivity index (χ1v) is 13.7. The molecule has 0 aliphatic rings. The van der Waals surface area contributed by atoms with Crippen molar-refractivity contribution < 1.29 is 19.1 Å². The summed E-state index contributed by atoms with van der Waals surface area (Å²) >= 11 is 19.2. The largest absolute Gasteiger partial charge is 0.462 e. The number of carbonyl (C=O) groups excluding carboxylic acids is 2. The van der Waals surface area contributed by atoms with Gasteiger partial charge in [0.05, 0.1) is 25.6 Å². The molecule has 208 valence electrons. The third-order valence-electron chi connectivity index (χ3n) is 3.80. The fraction of sp³-hybridized carbons (Fsp3) is 0.273. The Labute approximate surface area is 246 Å². The summed E-state index contributed by atoms with van der Waals surface area (Å²) in [5.74, 6) is 0.929. The lowest BCUT2D eigenvalue weighted by Crippen LogP contribution is -2.01. The molecular weight excluding hydrogens is 611 g/mol. The van der Waals surface area contributed by atoms with Crippen molar-refractivity contribution in [2.45, 2.75) is 27.7 Å². The van der Waals surface area contributed by atoms with Crippen LogP contribution in [0.3, 0.4) is 0 Å². The monoisotopic (exact) mass is 632 g/mol. The van der Waals surface area contributed by atoms with Gasteiger partial charge in [-0.25, -0.2) is 39.5 Å². The molecule has 0 unspecified atom stereocenters. The van der Waals surface area contributed by atoms with Gasteiger partial charge in [0, 0.05) is 12.1 Å². The Morgan fingerprint density at radius 1 is 0.821 bits per heavy atom. The van der Waals surface area contributed by atoms with Crippen molar-refractivity contribution in [3.8, 4) is 0 Å². The van der Waals surface area contributed by atoms with Crippen molar-refractivity contribution in [3.63, 3.8) is 0 Å². The van der Waals surface area contributed by atoms with Gasteiger partial charge >= 0.3 is 11.9 Å². The minimum Gasteiger partial charge on any atom is -0.462 e. The number of aromatic nitrogens is 6. The van der Waals surface area contributed by atoms with Crippen LogP contribution in [0.4, 0.5) is 16.1 Å². The number of carbonyl (C=O) groups is 2. The number of anilines is 3. The second-order valence-electron chi connectivity index (χ2n) is 6.84. The molecule has 0 aliphatic heterocycles. The normalized spacial score (nSPS) is 9.92. The number of thiazole rings is 2. The fourth-order valence-corrected chi connectivity index (χ4v) is 4.44. The van der Waals surface area contributed by atoms with Gasteiger partial charge in [0.25, 0.3) is 0 Å². The molecule has 0 spiro atoms. The summed E-state index contributed by atoms with van der Waals surface area (Å²) in [5, 5.41) is 5.00. The number of aryl methyl sites for hydroxylation is 2. The molecule has 0 fully saturated rings. The first-order chi connectivity index (χ1) is 18.5. The standard InChI is InChI=1S/C11H11ClN4O2S.C6H8N2O2S.C5H4Cl2N2/c1-3-18-10(17)7-5-13-11(19-7)16-9-4-8(12)14-6(2)15-9;1-2-10-5(9)4-3-8-6(7)11-4;1-3-8-4(6)2-5(7)9-3/h4-5H,3H2,1-2H3,(H,13,14,15,16);3H,2H2,1H3,(H2,7,8);2H,1H3. The molecule has 0 amide bonds. The number of nitrogens with two attached hydrogens (primary N) is 1. The van der Waals surface area contributed by atoms with Crippen LogP contribution >= 0.6 is 57.5 Å². The third kappa shape index (κ3) is 11.6. The Morgan fingerprint density at radius 2 is 1.31 bits per heavy atom. The Hall–Kier alpha value is -3.17. The lowest BCUT2D eigenvalue weighted by atomic mass is 10.5. The van der Waals surface area contributed by atoms with Crippen LogP contribution in [0.1, 0.15) is 44.8 Å². The number of hydrogen-bond acceptors (Lipinski definition) is 14. The van der Waals surface area contributed by atoms with E-state index in [4.69, 9.17) is 50.0 Å². The van der Waals surface area contributed by atoms with Crippen molar-refractivity contribution >= 4 is 85.5 Å².